The van der Waals surface area contributed by atoms with Crippen molar-refractivity contribution in [2.45, 2.75) is 6.92 Å². The summed E-state index contributed by atoms with van der Waals surface area (Å²) in [5.41, 5.74) is 4.88. The topological polar surface area (TPSA) is 123 Å². The van der Waals surface area contributed by atoms with Crippen molar-refractivity contribution in [3.63, 3.8) is 0 Å². The molecule has 0 radical (unpaired) electrons. The molecule has 10 nitrogen and oxygen atoms in total. The maximum atomic E-state index is 11.1. The molecule has 0 atom stereocenters. The molecule has 1 aliphatic rings. The molecule has 146 valence electrons. The molecule has 1 saturated heterocycles. The van der Waals surface area contributed by atoms with Gasteiger partial charge in [-0.3, -0.25) is 25.7 Å². The first-order valence-electron chi connectivity index (χ1n) is 8.61. The minimum absolute atomic E-state index is 0.0782. The van der Waals surface area contributed by atoms with Crippen LogP contribution in [0.25, 0.3) is 0 Å². The van der Waals surface area contributed by atoms with Crippen molar-refractivity contribution >= 4 is 29.0 Å². The van der Waals surface area contributed by atoms with Crippen LogP contribution in [0.1, 0.15) is 11.1 Å². The average Bonchev–Trinajstić information content (AvgIpc) is 2.69. The molecular weight excluding hydrogens is 366 g/mol. The quantitative estimate of drug-likeness (QED) is 0.460. The molecular formula is C18H19N5O5. The van der Waals surface area contributed by atoms with Gasteiger partial charge < -0.3 is 9.64 Å². The molecule has 0 spiro atoms. The number of nitrogens with zero attached hydrogens (tertiary/aromatic N) is 4. The van der Waals surface area contributed by atoms with E-state index in [1.54, 1.807) is 6.21 Å². The van der Waals surface area contributed by atoms with E-state index >= 15 is 0 Å². The summed E-state index contributed by atoms with van der Waals surface area (Å²) in [6.45, 7) is 5.07. The number of morpholine rings is 1. The van der Waals surface area contributed by atoms with Gasteiger partial charge >= 0.3 is 5.69 Å². The number of ether oxygens (including phenoxy) is 1. The number of hydrogen-bond acceptors (Lipinski definition) is 8. The SMILES string of the molecule is Cc1cc(N2CCOCC2)ccc1/C=N\Nc1ccc([N+](=O)[O-])cc1[N+](=O)[O-]. The second-order valence-corrected chi connectivity index (χ2v) is 6.23. The Morgan fingerprint density at radius 3 is 2.50 bits per heavy atom. The van der Waals surface area contributed by atoms with E-state index in [4.69, 9.17) is 4.74 Å². The Kier molecular flexibility index (Phi) is 5.80. The molecule has 28 heavy (non-hydrogen) atoms. The lowest BCUT2D eigenvalue weighted by atomic mass is 10.1. The van der Waals surface area contributed by atoms with E-state index in [9.17, 15) is 20.2 Å². The first-order chi connectivity index (χ1) is 13.5. The Balaban J connectivity index is 1.74. The van der Waals surface area contributed by atoms with Gasteiger partial charge in [-0.2, -0.15) is 5.10 Å². The zero-order valence-electron chi connectivity index (χ0n) is 15.2. The summed E-state index contributed by atoms with van der Waals surface area (Å²) < 4.78 is 5.36. The Bertz CT molecular complexity index is 925. The smallest absolute Gasteiger partial charge is 0.301 e. The van der Waals surface area contributed by atoms with Crippen LogP contribution in [0.3, 0.4) is 0 Å². The fourth-order valence-corrected chi connectivity index (χ4v) is 2.87. The highest BCUT2D eigenvalue weighted by atomic mass is 16.6. The third-order valence-corrected chi connectivity index (χ3v) is 4.41. The van der Waals surface area contributed by atoms with E-state index in [0.717, 1.165) is 36.0 Å². The second kappa shape index (κ2) is 8.44. The van der Waals surface area contributed by atoms with Gasteiger partial charge in [-0.1, -0.05) is 6.07 Å². The molecule has 2 aromatic carbocycles. The first-order valence-corrected chi connectivity index (χ1v) is 8.61. The zero-order chi connectivity index (χ0) is 20.1. The van der Waals surface area contributed by atoms with Crippen LogP contribution in [-0.2, 0) is 4.74 Å². The molecule has 10 heteroatoms. The summed E-state index contributed by atoms with van der Waals surface area (Å²) in [7, 11) is 0. The highest BCUT2D eigenvalue weighted by Gasteiger charge is 2.19. The number of benzene rings is 2. The van der Waals surface area contributed by atoms with Crippen LogP contribution in [0.15, 0.2) is 41.5 Å². The summed E-state index contributed by atoms with van der Waals surface area (Å²) in [5.74, 6) is 0. The molecule has 0 unspecified atom stereocenters. The van der Waals surface area contributed by atoms with Gasteiger partial charge in [-0.15, -0.1) is 0 Å². The van der Waals surface area contributed by atoms with E-state index in [-0.39, 0.29) is 11.4 Å². The minimum Gasteiger partial charge on any atom is -0.378 e. The van der Waals surface area contributed by atoms with Crippen LogP contribution >= 0.6 is 0 Å². The minimum atomic E-state index is -0.687. The van der Waals surface area contributed by atoms with Crippen LogP contribution in [0.2, 0.25) is 0 Å². The van der Waals surface area contributed by atoms with Gasteiger partial charge in [0.05, 0.1) is 35.3 Å². The van der Waals surface area contributed by atoms with E-state index < -0.39 is 15.5 Å². The Hall–Kier alpha value is -3.53. The van der Waals surface area contributed by atoms with Gasteiger partial charge in [0, 0.05) is 24.8 Å². The summed E-state index contributed by atoms with van der Waals surface area (Å²) in [6, 6.07) is 9.33. The van der Waals surface area contributed by atoms with Crippen molar-refractivity contribution in [1.82, 2.24) is 0 Å². The molecule has 0 amide bonds. The van der Waals surface area contributed by atoms with Gasteiger partial charge in [0.1, 0.15) is 5.69 Å². The number of nitrogens with one attached hydrogen (secondary N) is 1. The average molecular weight is 385 g/mol. The molecule has 0 aromatic heterocycles. The number of hydrazone groups is 1. The Morgan fingerprint density at radius 1 is 1.11 bits per heavy atom. The molecule has 3 rings (SSSR count). The molecule has 1 N–H and O–H groups in total. The molecule has 0 aliphatic carbocycles. The van der Waals surface area contributed by atoms with Gasteiger partial charge in [0.25, 0.3) is 5.69 Å². The zero-order valence-corrected chi connectivity index (χ0v) is 15.2. The monoisotopic (exact) mass is 385 g/mol. The van der Waals surface area contributed by atoms with Gasteiger partial charge in [0.15, 0.2) is 0 Å². The highest BCUT2D eigenvalue weighted by Crippen LogP contribution is 2.29. The van der Waals surface area contributed by atoms with Crippen molar-refractivity contribution in [3.8, 4) is 0 Å². The largest absolute Gasteiger partial charge is 0.378 e. The predicted molar refractivity (Wildman–Crippen MR) is 105 cm³/mol. The van der Waals surface area contributed by atoms with Crippen LogP contribution in [0.5, 0.6) is 0 Å². The van der Waals surface area contributed by atoms with Crippen molar-refractivity contribution in [2.24, 2.45) is 5.10 Å². The molecule has 0 bridgehead atoms. The maximum Gasteiger partial charge on any atom is 0.301 e. The van der Waals surface area contributed by atoms with Crippen molar-refractivity contribution in [3.05, 3.63) is 67.8 Å². The van der Waals surface area contributed by atoms with E-state index in [0.29, 0.717) is 13.2 Å². The van der Waals surface area contributed by atoms with Gasteiger partial charge in [-0.25, -0.2) is 0 Å². The van der Waals surface area contributed by atoms with Crippen LogP contribution < -0.4 is 10.3 Å². The first kappa shape index (κ1) is 19.2. The van der Waals surface area contributed by atoms with Crippen LogP contribution in [-0.4, -0.2) is 42.4 Å². The van der Waals surface area contributed by atoms with Gasteiger partial charge in [-0.05, 0) is 36.2 Å². The van der Waals surface area contributed by atoms with Gasteiger partial charge in [0.2, 0.25) is 0 Å². The lowest BCUT2D eigenvalue weighted by molar-refractivity contribution is -0.393. The third kappa shape index (κ3) is 4.41. The number of anilines is 2. The number of nitro groups is 2. The fraction of sp³-hybridized carbons (Fsp3) is 0.278. The highest BCUT2D eigenvalue weighted by molar-refractivity contribution is 5.83. The number of aryl methyl sites for hydroxylation is 1. The van der Waals surface area contributed by atoms with E-state index in [1.165, 1.54) is 12.1 Å². The third-order valence-electron chi connectivity index (χ3n) is 4.41. The summed E-state index contributed by atoms with van der Waals surface area (Å²) in [5, 5.41) is 26.0. The molecule has 0 saturated carbocycles. The molecule has 2 aromatic rings. The summed E-state index contributed by atoms with van der Waals surface area (Å²) in [6.07, 6.45) is 1.56. The number of rotatable bonds is 6. The summed E-state index contributed by atoms with van der Waals surface area (Å²) >= 11 is 0. The Labute approximate surface area is 160 Å². The predicted octanol–water partition coefficient (Wildman–Crippen LogP) is 3.09. The van der Waals surface area contributed by atoms with E-state index in [2.05, 4.69) is 21.5 Å². The standard InChI is InChI=1S/C18H19N5O5/c1-13-10-15(21-6-8-28-9-7-21)3-2-14(13)12-19-20-17-5-4-16(22(24)25)11-18(17)23(26)27/h2-5,10-12,20H,6-9H2,1H3/b19-12-. The fourth-order valence-electron chi connectivity index (χ4n) is 2.87. The van der Waals surface area contributed by atoms with Crippen molar-refractivity contribution in [1.29, 1.82) is 0 Å². The number of hydrogen-bond donors (Lipinski definition) is 1. The number of non-ortho nitro benzene ring substituents is 1. The summed E-state index contributed by atoms with van der Waals surface area (Å²) in [4.78, 5) is 22.8. The lowest BCUT2D eigenvalue weighted by Gasteiger charge is -2.29. The van der Waals surface area contributed by atoms with Crippen LogP contribution in [0.4, 0.5) is 22.7 Å². The molecule has 1 aliphatic heterocycles. The lowest BCUT2D eigenvalue weighted by Crippen LogP contribution is -2.36. The molecule has 1 heterocycles. The van der Waals surface area contributed by atoms with E-state index in [1.807, 2.05) is 19.1 Å². The maximum absolute atomic E-state index is 11.1. The van der Waals surface area contributed by atoms with Crippen LogP contribution in [0, 0.1) is 27.2 Å². The second-order valence-electron chi connectivity index (χ2n) is 6.23. The normalized spacial score (nSPS) is 14.2. The molecule has 1 fully saturated rings. The van der Waals surface area contributed by atoms with Crippen molar-refractivity contribution < 1.29 is 14.6 Å². The Morgan fingerprint density at radius 2 is 1.86 bits per heavy atom. The van der Waals surface area contributed by atoms with Crippen molar-refractivity contribution in [2.75, 3.05) is 36.6 Å². The number of nitro benzene ring substituents is 2.